The highest BCUT2D eigenvalue weighted by Gasteiger charge is 2.31. The van der Waals surface area contributed by atoms with Crippen LogP contribution in [0.4, 0.5) is 4.79 Å². The van der Waals surface area contributed by atoms with Gasteiger partial charge >= 0.3 is 23.9 Å². The summed E-state index contributed by atoms with van der Waals surface area (Å²) >= 11 is 0. The largest absolute Gasteiger partial charge is 0.460 e. The molecule has 2 aromatic rings. The number of unbranched alkanes of at least 4 members (excludes halogenated alkanes) is 2. The Hall–Kier alpha value is -3.99. The van der Waals surface area contributed by atoms with Crippen LogP contribution < -0.4 is 16.4 Å². The molecule has 11 nitrogen and oxygen atoms in total. The summed E-state index contributed by atoms with van der Waals surface area (Å²) in [6, 6.07) is 10.5. The second kappa shape index (κ2) is 18.1. The van der Waals surface area contributed by atoms with Gasteiger partial charge in [-0.2, -0.15) is 0 Å². The van der Waals surface area contributed by atoms with Gasteiger partial charge in [0.2, 0.25) is 0 Å². The Bertz CT molecular complexity index is 1430. The van der Waals surface area contributed by atoms with Crippen LogP contribution in [0.25, 0.3) is 10.8 Å². The molecule has 0 spiro atoms. The van der Waals surface area contributed by atoms with Gasteiger partial charge in [0.05, 0.1) is 6.04 Å². The highest BCUT2D eigenvalue weighted by molar-refractivity contribution is 5.88. The van der Waals surface area contributed by atoms with E-state index in [1.807, 2.05) is 36.4 Å². The average Bonchev–Trinajstić information content (AvgIpc) is 2.95. The summed E-state index contributed by atoms with van der Waals surface area (Å²) in [5.74, 6) is -1.90. The van der Waals surface area contributed by atoms with E-state index >= 15 is 0 Å². The van der Waals surface area contributed by atoms with Crippen LogP contribution in [0, 0.1) is 0 Å². The third kappa shape index (κ3) is 16.8. The number of rotatable bonds is 16. The Morgan fingerprint density at radius 1 is 0.653 bits per heavy atom. The molecular formula is C38H57N3O8. The molecular weight excluding hydrogens is 626 g/mol. The third-order valence-electron chi connectivity index (χ3n) is 7.15. The fourth-order valence-corrected chi connectivity index (χ4v) is 5.00. The van der Waals surface area contributed by atoms with Crippen molar-refractivity contribution in [3.8, 4) is 0 Å². The standard InChI is InChI=1S/C38H57N3O8/c1-36(2,3)47-32(43)22-21-30(34(45)49-38(7,8)9)41-35(46)40-29(33(44)48-37(4,5)6)17-11-10-12-18-31(42)28(39)24-25-19-20-26-15-13-14-16-27(26)23-25/h13-16,19-20,23,28-30H,10-12,17-18,21-22,24,39H2,1-9H3,(H2,40,41,46)/t28?,29-,30-/m0/s1. The number of nitrogens with one attached hydrogen (secondary N) is 2. The molecule has 0 heterocycles. The van der Waals surface area contributed by atoms with Crippen LogP contribution in [0.5, 0.6) is 0 Å². The highest BCUT2D eigenvalue weighted by Crippen LogP contribution is 2.18. The minimum Gasteiger partial charge on any atom is -0.460 e. The van der Waals surface area contributed by atoms with Crippen molar-refractivity contribution in [1.82, 2.24) is 10.6 Å². The maximum absolute atomic E-state index is 13.1. The molecule has 49 heavy (non-hydrogen) atoms. The zero-order chi connectivity index (χ0) is 37.0. The van der Waals surface area contributed by atoms with Crippen molar-refractivity contribution in [2.45, 2.75) is 149 Å². The predicted molar refractivity (Wildman–Crippen MR) is 190 cm³/mol. The van der Waals surface area contributed by atoms with Gasteiger partial charge < -0.3 is 30.6 Å². The summed E-state index contributed by atoms with van der Waals surface area (Å²) in [5.41, 5.74) is 4.91. The summed E-state index contributed by atoms with van der Waals surface area (Å²) in [7, 11) is 0. The molecule has 3 atom stereocenters. The van der Waals surface area contributed by atoms with Gasteiger partial charge in [-0.3, -0.25) is 9.59 Å². The number of nitrogens with two attached hydrogens (primary N) is 1. The van der Waals surface area contributed by atoms with E-state index in [2.05, 4.69) is 16.7 Å². The van der Waals surface area contributed by atoms with E-state index in [-0.39, 0.29) is 25.0 Å². The molecule has 1 unspecified atom stereocenters. The first kappa shape index (κ1) is 41.2. The number of hydrogen-bond donors (Lipinski definition) is 3. The maximum Gasteiger partial charge on any atom is 0.329 e. The maximum atomic E-state index is 13.1. The first-order valence-electron chi connectivity index (χ1n) is 17.1. The molecule has 0 fully saturated rings. The molecule has 0 aliphatic rings. The molecule has 0 radical (unpaired) electrons. The molecule has 0 aliphatic heterocycles. The molecule has 2 rings (SSSR count). The van der Waals surface area contributed by atoms with Crippen molar-refractivity contribution in [1.29, 1.82) is 0 Å². The van der Waals surface area contributed by atoms with Crippen molar-refractivity contribution in [3.05, 3.63) is 48.0 Å². The zero-order valence-corrected chi connectivity index (χ0v) is 30.8. The Kier molecular flexibility index (Phi) is 15.2. The molecule has 0 aliphatic carbocycles. The second-order valence-electron chi connectivity index (χ2n) is 15.5. The highest BCUT2D eigenvalue weighted by atomic mass is 16.6. The van der Waals surface area contributed by atoms with Gasteiger partial charge in [0.15, 0.2) is 0 Å². The van der Waals surface area contributed by atoms with Gasteiger partial charge in [-0.25, -0.2) is 14.4 Å². The lowest BCUT2D eigenvalue weighted by atomic mass is 9.97. The number of carbonyl (C=O) groups is 5. The van der Waals surface area contributed by atoms with Gasteiger partial charge in [-0.05, 0) is 104 Å². The number of amides is 2. The normalized spacial score (nSPS) is 13.9. The second-order valence-corrected chi connectivity index (χ2v) is 15.5. The quantitative estimate of drug-likeness (QED) is 0.108. The predicted octanol–water partition coefficient (Wildman–Crippen LogP) is 6.07. The lowest BCUT2D eigenvalue weighted by molar-refractivity contribution is -0.159. The van der Waals surface area contributed by atoms with Crippen LogP contribution in [0.3, 0.4) is 0 Å². The summed E-state index contributed by atoms with van der Waals surface area (Å²) in [6.07, 6.45) is 2.50. The SMILES string of the molecule is CC(C)(C)OC(=O)CC[C@H](NC(=O)N[C@@H](CCCCCC(=O)C(N)Cc1ccc2ccccc2c1)C(=O)OC(C)(C)C)C(=O)OC(C)(C)C. The average molecular weight is 684 g/mol. The molecule has 2 aromatic carbocycles. The first-order valence-corrected chi connectivity index (χ1v) is 17.1. The molecule has 4 N–H and O–H groups in total. The third-order valence-corrected chi connectivity index (χ3v) is 7.15. The van der Waals surface area contributed by atoms with Crippen LogP contribution in [-0.4, -0.2) is 64.7 Å². The van der Waals surface area contributed by atoms with Crippen LogP contribution in [0.1, 0.15) is 113 Å². The fraction of sp³-hybridized carbons (Fsp3) is 0.605. The van der Waals surface area contributed by atoms with E-state index in [0.29, 0.717) is 32.1 Å². The summed E-state index contributed by atoms with van der Waals surface area (Å²) in [6.45, 7) is 15.5. The molecule has 0 bridgehead atoms. The first-order chi connectivity index (χ1) is 22.6. The van der Waals surface area contributed by atoms with Crippen LogP contribution >= 0.6 is 0 Å². The molecule has 2 amide bonds. The number of ketones is 1. The minimum absolute atomic E-state index is 0.0334. The Morgan fingerprint density at radius 3 is 1.73 bits per heavy atom. The molecule has 11 heteroatoms. The van der Waals surface area contributed by atoms with Crippen molar-refractivity contribution in [3.63, 3.8) is 0 Å². The van der Waals surface area contributed by atoms with E-state index in [1.165, 1.54) is 0 Å². The number of esters is 3. The number of ether oxygens (including phenoxy) is 3. The number of urea groups is 1. The van der Waals surface area contributed by atoms with Gasteiger partial charge in [-0.15, -0.1) is 0 Å². The van der Waals surface area contributed by atoms with Gasteiger partial charge in [0, 0.05) is 12.8 Å². The molecule has 0 saturated heterocycles. The smallest absolute Gasteiger partial charge is 0.329 e. The van der Waals surface area contributed by atoms with Crippen molar-refractivity contribution >= 4 is 40.5 Å². The van der Waals surface area contributed by atoms with Crippen molar-refractivity contribution in [2.24, 2.45) is 5.73 Å². The minimum atomic E-state index is -1.17. The van der Waals surface area contributed by atoms with Gasteiger partial charge in [0.25, 0.3) is 0 Å². The van der Waals surface area contributed by atoms with Gasteiger partial charge in [-0.1, -0.05) is 55.3 Å². The van der Waals surface area contributed by atoms with E-state index in [1.54, 1.807) is 62.3 Å². The molecule has 0 saturated carbocycles. The van der Waals surface area contributed by atoms with Crippen LogP contribution in [0.2, 0.25) is 0 Å². The van der Waals surface area contributed by atoms with Crippen LogP contribution in [0.15, 0.2) is 42.5 Å². The van der Waals surface area contributed by atoms with E-state index < -0.39 is 58.9 Å². The fourth-order valence-electron chi connectivity index (χ4n) is 5.00. The van der Waals surface area contributed by atoms with E-state index in [4.69, 9.17) is 19.9 Å². The number of hydrogen-bond acceptors (Lipinski definition) is 9. The van der Waals surface area contributed by atoms with Gasteiger partial charge in [0.1, 0.15) is 34.7 Å². The molecule has 0 aromatic heterocycles. The monoisotopic (exact) mass is 683 g/mol. The summed E-state index contributed by atoms with van der Waals surface area (Å²) in [4.78, 5) is 64.3. The Morgan fingerprint density at radius 2 is 1.18 bits per heavy atom. The van der Waals surface area contributed by atoms with E-state index in [0.717, 1.165) is 16.3 Å². The molecule has 272 valence electrons. The number of fused-ring (bicyclic) bond motifs is 1. The lowest BCUT2D eigenvalue weighted by Crippen LogP contribution is -2.53. The van der Waals surface area contributed by atoms with Crippen molar-refractivity contribution < 1.29 is 38.2 Å². The Labute approximate surface area is 291 Å². The zero-order valence-electron chi connectivity index (χ0n) is 30.8. The lowest BCUT2D eigenvalue weighted by Gasteiger charge is -2.27. The number of carbonyl (C=O) groups excluding carboxylic acids is 5. The van der Waals surface area contributed by atoms with E-state index in [9.17, 15) is 24.0 Å². The van der Waals surface area contributed by atoms with Crippen LogP contribution in [-0.2, 0) is 39.8 Å². The summed E-state index contributed by atoms with van der Waals surface area (Å²) in [5, 5.41) is 7.43. The Balaban J connectivity index is 1.97. The number of Topliss-reactive ketones (excluding diaryl/α,β-unsaturated/α-hetero) is 1. The summed E-state index contributed by atoms with van der Waals surface area (Å²) < 4.78 is 16.4. The topological polar surface area (TPSA) is 163 Å². The van der Waals surface area contributed by atoms with Crippen molar-refractivity contribution in [2.75, 3.05) is 0 Å². The number of benzene rings is 2.